The fraction of sp³-hybridized carbons (Fsp3) is 0.0741. The number of nitrogens with one attached hydrogen (secondary N) is 2. The van der Waals surface area contributed by atoms with Crippen molar-refractivity contribution >= 4 is 17.2 Å². The normalized spacial score (nSPS) is 17.6. The lowest BCUT2D eigenvalue weighted by Crippen LogP contribution is -2.52. The first kappa shape index (κ1) is 20.3. The summed E-state index contributed by atoms with van der Waals surface area (Å²) in [5.74, 6) is 0. The summed E-state index contributed by atoms with van der Waals surface area (Å²) in [6.07, 6.45) is 14.1. The third-order valence-corrected chi connectivity index (χ3v) is 6.02. The van der Waals surface area contributed by atoms with E-state index in [4.69, 9.17) is 11.6 Å². The Hall–Kier alpha value is -3.60. The van der Waals surface area contributed by atoms with Crippen LogP contribution in [0.4, 0.5) is 0 Å². The summed E-state index contributed by atoms with van der Waals surface area (Å²) in [4.78, 5) is 4.21. The van der Waals surface area contributed by atoms with Crippen LogP contribution in [0.1, 0.15) is 11.1 Å². The standard InChI is InChI=1S/C27H23ClN4/c28-26-8-2-1-7-25(26)27(31-20-32-16-3-4-17-32)14-13-24(19-30-27)22-11-9-21(10-12-22)23-6-5-15-29-18-23/h1-19,30-31H,20H2. The first-order valence-corrected chi connectivity index (χ1v) is 10.9. The Morgan fingerprint density at radius 3 is 2.34 bits per heavy atom. The third kappa shape index (κ3) is 4.11. The van der Waals surface area contributed by atoms with Gasteiger partial charge >= 0.3 is 0 Å². The third-order valence-electron chi connectivity index (χ3n) is 5.69. The molecule has 0 amide bonds. The Morgan fingerprint density at radius 2 is 1.66 bits per heavy atom. The van der Waals surface area contributed by atoms with Crippen molar-refractivity contribution in [2.24, 2.45) is 0 Å². The molecule has 1 atom stereocenters. The quantitative estimate of drug-likeness (QED) is 0.399. The minimum atomic E-state index is -0.609. The zero-order chi connectivity index (χ0) is 21.8. The molecule has 0 saturated carbocycles. The lowest BCUT2D eigenvalue weighted by Gasteiger charge is -2.36. The van der Waals surface area contributed by atoms with Gasteiger partial charge in [0, 0.05) is 41.6 Å². The largest absolute Gasteiger partial charge is 0.366 e. The number of aromatic nitrogens is 2. The molecule has 4 nitrogen and oxygen atoms in total. The molecule has 158 valence electrons. The number of halogens is 1. The van der Waals surface area contributed by atoms with Crippen molar-refractivity contribution in [3.8, 4) is 11.1 Å². The van der Waals surface area contributed by atoms with Gasteiger partial charge in [0.2, 0.25) is 0 Å². The first-order chi connectivity index (χ1) is 15.7. The Kier molecular flexibility index (Phi) is 5.63. The fourth-order valence-corrected chi connectivity index (χ4v) is 4.20. The van der Waals surface area contributed by atoms with Gasteiger partial charge in [0.05, 0.1) is 6.67 Å². The molecule has 1 unspecified atom stereocenters. The van der Waals surface area contributed by atoms with E-state index >= 15 is 0 Å². The smallest absolute Gasteiger partial charge is 0.137 e. The lowest BCUT2D eigenvalue weighted by molar-refractivity contribution is 0.333. The molecule has 0 fully saturated rings. The van der Waals surface area contributed by atoms with Gasteiger partial charge in [0.1, 0.15) is 5.66 Å². The summed E-state index contributed by atoms with van der Waals surface area (Å²) in [7, 11) is 0. The van der Waals surface area contributed by atoms with E-state index in [1.165, 1.54) is 0 Å². The molecule has 0 saturated heterocycles. The van der Waals surface area contributed by atoms with E-state index < -0.39 is 5.66 Å². The van der Waals surface area contributed by atoms with Gasteiger partial charge in [-0.05, 0) is 52.6 Å². The molecule has 2 aromatic carbocycles. The van der Waals surface area contributed by atoms with Gasteiger partial charge in [0.25, 0.3) is 0 Å². The van der Waals surface area contributed by atoms with Crippen molar-refractivity contribution in [3.63, 3.8) is 0 Å². The van der Waals surface area contributed by atoms with Crippen LogP contribution in [0, 0.1) is 0 Å². The summed E-state index contributed by atoms with van der Waals surface area (Å²) in [6, 6.07) is 24.5. The van der Waals surface area contributed by atoms with Crippen LogP contribution in [-0.2, 0) is 12.3 Å². The second-order valence-electron chi connectivity index (χ2n) is 7.72. The van der Waals surface area contributed by atoms with Crippen LogP contribution in [0.3, 0.4) is 0 Å². The molecule has 1 aliphatic heterocycles. The van der Waals surface area contributed by atoms with Crippen molar-refractivity contribution in [1.29, 1.82) is 0 Å². The fourth-order valence-electron chi connectivity index (χ4n) is 3.92. The number of dihydropyridines is 1. The average molecular weight is 439 g/mol. The molecule has 0 bridgehead atoms. The highest BCUT2D eigenvalue weighted by atomic mass is 35.5. The van der Waals surface area contributed by atoms with E-state index in [1.54, 1.807) is 6.20 Å². The average Bonchev–Trinajstić information content (AvgIpc) is 3.38. The Balaban J connectivity index is 1.41. The predicted octanol–water partition coefficient (Wildman–Crippen LogP) is 5.80. The van der Waals surface area contributed by atoms with Gasteiger partial charge in [-0.25, -0.2) is 0 Å². The van der Waals surface area contributed by atoms with Gasteiger partial charge in [0.15, 0.2) is 0 Å². The Bertz CT molecular complexity index is 1240. The first-order valence-electron chi connectivity index (χ1n) is 10.5. The number of hydrogen-bond donors (Lipinski definition) is 2. The lowest BCUT2D eigenvalue weighted by atomic mass is 9.93. The van der Waals surface area contributed by atoms with E-state index in [2.05, 4.69) is 62.7 Å². The molecule has 0 radical (unpaired) electrons. The maximum absolute atomic E-state index is 6.59. The number of benzene rings is 2. The van der Waals surface area contributed by atoms with Gasteiger partial charge < -0.3 is 9.88 Å². The molecule has 2 N–H and O–H groups in total. The molecule has 32 heavy (non-hydrogen) atoms. The minimum Gasteiger partial charge on any atom is -0.366 e. The van der Waals surface area contributed by atoms with Crippen molar-refractivity contribution in [2.75, 3.05) is 0 Å². The molecule has 0 spiro atoms. The van der Waals surface area contributed by atoms with Crippen molar-refractivity contribution < 1.29 is 0 Å². The molecular weight excluding hydrogens is 416 g/mol. The highest BCUT2D eigenvalue weighted by Crippen LogP contribution is 2.32. The molecule has 4 aromatic rings. The second kappa shape index (κ2) is 8.87. The summed E-state index contributed by atoms with van der Waals surface area (Å²) in [5, 5.41) is 7.92. The molecular formula is C27H23ClN4. The Morgan fingerprint density at radius 1 is 0.875 bits per heavy atom. The number of pyridine rings is 1. The summed E-state index contributed by atoms with van der Waals surface area (Å²) in [5.41, 5.74) is 4.87. The monoisotopic (exact) mass is 438 g/mol. The van der Waals surface area contributed by atoms with Gasteiger partial charge in [-0.15, -0.1) is 0 Å². The van der Waals surface area contributed by atoms with Crippen molar-refractivity contribution in [3.05, 3.63) is 132 Å². The molecule has 0 aliphatic carbocycles. The topological polar surface area (TPSA) is 41.9 Å². The highest BCUT2D eigenvalue weighted by molar-refractivity contribution is 6.31. The zero-order valence-corrected chi connectivity index (χ0v) is 18.2. The van der Waals surface area contributed by atoms with Crippen LogP contribution in [-0.4, -0.2) is 9.55 Å². The summed E-state index contributed by atoms with van der Waals surface area (Å²) in [6.45, 7) is 0.637. The van der Waals surface area contributed by atoms with Crippen LogP contribution in [0.15, 0.2) is 116 Å². The molecule has 3 heterocycles. The van der Waals surface area contributed by atoms with Crippen LogP contribution in [0.5, 0.6) is 0 Å². The van der Waals surface area contributed by atoms with Crippen LogP contribution in [0.2, 0.25) is 5.02 Å². The van der Waals surface area contributed by atoms with E-state index in [0.29, 0.717) is 11.7 Å². The number of hydrogen-bond acceptors (Lipinski definition) is 3. The van der Waals surface area contributed by atoms with E-state index in [1.807, 2.05) is 67.3 Å². The van der Waals surface area contributed by atoms with Gasteiger partial charge in [-0.2, -0.15) is 0 Å². The SMILES string of the molecule is Clc1ccccc1C1(NCn2cccc2)C=CC(c2ccc(-c3cccnc3)cc2)=CN1. The maximum atomic E-state index is 6.59. The predicted molar refractivity (Wildman–Crippen MR) is 131 cm³/mol. The van der Waals surface area contributed by atoms with E-state index in [9.17, 15) is 0 Å². The second-order valence-corrected chi connectivity index (χ2v) is 8.12. The van der Waals surface area contributed by atoms with Crippen LogP contribution in [0.25, 0.3) is 16.7 Å². The van der Waals surface area contributed by atoms with E-state index in [0.717, 1.165) is 27.8 Å². The molecule has 1 aliphatic rings. The van der Waals surface area contributed by atoms with Gasteiger partial charge in [-0.1, -0.05) is 66.2 Å². The number of nitrogens with zero attached hydrogens (tertiary/aromatic N) is 2. The molecule has 2 aromatic heterocycles. The maximum Gasteiger partial charge on any atom is 0.137 e. The molecule has 5 rings (SSSR count). The van der Waals surface area contributed by atoms with Crippen molar-refractivity contribution in [1.82, 2.24) is 20.2 Å². The molecule has 5 heteroatoms. The summed E-state index contributed by atoms with van der Waals surface area (Å²) < 4.78 is 2.09. The Labute approximate surface area is 192 Å². The van der Waals surface area contributed by atoms with Crippen molar-refractivity contribution in [2.45, 2.75) is 12.3 Å². The zero-order valence-electron chi connectivity index (χ0n) is 17.4. The highest BCUT2D eigenvalue weighted by Gasteiger charge is 2.31. The van der Waals surface area contributed by atoms with Gasteiger partial charge in [-0.3, -0.25) is 10.3 Å². The number of allylic oxidation sites excluding steroid dienone is 2. The van der Waals surface area contributed by atoms with Crippen LogP contribution >= 0.6 is 11.6 Å². The van der Waals surface area contributed by atoms with E-state index in [-0.39, 0.29) is 0 Å². The number of rotatable bonds is 6. The summed E-state index contributed by atoms with van der Waals surface area (Å²) >= 11 is 6.59. The van der Waals surface area contributed by atoms with Crippen LogP contribution < -0.4 is 10.6 Å². The minimum absolute atomic E-state index is 0.609.